The van der Waals surface area contributed by atoms with Gasteiger partial charge >= 0.3 is 0 Å². The van der Waals surface area contributed by atoms with E-state index in [0.717, 1.165) is 6.42 Å². The Morgan fingerprint density at radius 3 is 2.67 bits per heavy atom. The first-order valence-electron chi connectivity index (χ1n) is 5.59. The molecule has 0 aromatic heterocycles. The largest absolute Gasteiger partial charge is 0.317 e. The van der Waals surface area contributed by atoms with Crippen LogP contribution in [0, 0.1) is 5.92 Å². The molecule has 2 atom stereocenters. The number of hydrogen-bond acceptors (Lipinski definition) is 1. The van der Waals surface area contributed by atoms with Gasteiger partial charge < -0.3 is 5.32 Å². The number of hydrogen-bond donors (Lipinski definition) is 1. The predicted molar refractivity (Wildman–Crippen MR) is 70.1 cm³/mol. The molecule has 15 heavy (non-hydrogen) atoms. The van der Waals surface area contributed by atoms with Crippen LogP contribution >= 0.6 is 15.9 Å². The predicted octanol–water partition coefficient (Wildman–Crippen LogP) is 3.63. The molecule has 0 heterocycles. The van der Waals surface area contributed by atoms with Crippen molar-refractivity contribution in [3.63, 3.8) is 0 Å². The Morgan fingerprint density at radius 1 is 1.40 bits per heavy atom. The Kier molecular flexibility index (Phi) is 5.34. The standard InChI is InChI=1S/C13H20BrN/c1-4-13(15-3)10(2)8-11-6-5-7-12(14)9-11/h5-7,9-10,13,15H,4,8H2,1-3H3. The second-order valence-corrected chi connectivity index (χ2v) is 5.03. The maximum Gasteiger partial charge on any atom is 0.0177 e. The van der Waals surface area contributed by atoms with E-state index in [1.165, 1.54) is 16.5 Å². The van der Waals surface area contributed by atoms with Crippen molar-refractivity contribution in [2.45, 2.75) is 32.7 Å². The fraction of sp³-hybridized carbons (Fsp3) is 0.538. The lowest BCUT2D eigenvalue weighted by Gasteiger charge is -2.22. The van der Waals surface area contributed by atoms with Gasteiger partial charge in [-0.05, 0) is 43.5 Å². The molecule has 0 saturated carbocycles. The van der Waals surface area contributed by atoms with Crippen LogP contribution in [0.1, 0.15) is 25.8 Å². The van der Waals surface area contributed by atoms with Crippen LogP contribution in [-0.4, -0.2) is 13.1 Å². The average Bonchev–Trinajstić information content (AvgIpc) is 2.19. The lowest BCUT2D eigenvalue weighted by atomic mass is 9.92. The van der Waals surface area contributed by atoms with Crippen molar-refractivity contribution in [1.82, 2.24) is 5.32 Å². The van der Waals surface area contributed by atoms with Gasteiger partial charge in [0.15, 0.2) is 0 Å². The van der Waals surface area contributed by atoms with Crippen LogP contribution in [-0.2, 0) is 6.42 Å². The van der Waals surface area contributed by atoms with Crippen LogP contribution < -0.4 is 5.32 Å². The molecule has 1 aromatic carbocycles. The van der Waals surface area contributed by atoms with Gasteiger partial charge in [0.2, 0.25) is 0 Å². The quantitative estimate of drug-likeness (QED) is 0.861. The van der Waals surface area contributed by atoms with E-state index in [1.807, 2.05) is 7.05 Å². The molecule has 0 fully saturated rings. The fourth-order valence-corrected chi connectivity index (χ4v) is 2.52. The van der Waals surface area contributed by atoms with Crippen molar-refractivity contribution in [1.29, 1.82) is 0 Å². The summed E-state index contributed by atoms with van der Waals surface area (Å²) in [6.07, 6.45) is 2.32. The molecule has 0 aliphatic rings. The molecule has 0 radical (unpaired) electrons. The summed E-state index contributed by atoms with van der Waals surface area (Å²) in [4.78, 5) is 0. The summed E-state index contributed by atoms with van der Waals surface area (Å²) in [5.41, 5.74) is 1.41. The van der Waals surface area contributed by atoms with Gasteiger partial charge in [-0.15, -0.1) is 0 Å². The van der Waals surface area contributed by atoms with E-state index in [4.69, 9.17) is 0 Å². The lowest BCUT2D eigenvalue weighted by Crippen LogP contribution is -2.32. The minimum atomic E-state index is 0.615. The highest BCUT2D eigenvalue weighted by atomic mass is 79.9. The van der Waals surface area contributed by atoms with Crippen molar-refractivity contribution < 1.29 is 0 Å². The van der Waals surface area contributed by atoms with E-state index in [2.05, 4.69) is 59.4 Å². The number of rotatable bonds is 5. The molecule has 0 spiro atoms. The zero-order chi connectivity index (χ0) is 11.3. The van der Waals surface area contributed by atoms with Crippen molar-refractivity contribution in [3.8, 4) is 0 Å². The molecule has 0 amide bonds. The zero-order valence-electron chi connectivity index (χ0n) is 9.76. The van der Waals surface area contributed by atoms with Crippen LogP contribution in [0.3, 0.4) is 0 Å². The summed E-state index contributed by atoms with van der Waals surface area (Å²) in [6, 6.07) is 9.20. The average molecular weight is 270 g/mol. The van der Waals surface area contributed by atoms with Gasteiger partial charge in [-0.3, -0.25) is 0 Å². The normalized spacial score (nSPS) is 14.9. The molecule has 1 rings (SSSR count). The molecule has 2 heteroatoms. The van der Waals surface area contributed by atoms with E-state index in [9.17, 15) is 0 Å². The van der Waals surface area contributed by atoms with Crippen LogP contribution in [0.2, 0.25) is 0 Å². The van der Waals surface area contributed by atoms with E-state index in [-0.39, 0.29) is 0 Å². The number of halogens is 1. The third-order valence-electron chi connectivity index (χ3n) is 2.94. The van der Waals surface area contributed by atoms with Gasteiger partial charge in [-0.1, -0.05) is 41.9 Å². The van der Waals surface area contributed by atoms with Crippen molar-refractivity contribution in [3.05, 3.63) is 34.3 Å². The fourth-order valence-electron chi connectivity index (χ4n) is 2.07. The molecule has 2 unspecified atom stereocenters. The Bertz CT molecular complexity index is 294. The molecule has 0 bridgehead atoms. The molecule has 1 aromatic rings. The molecular formula is C13H20BrN. The second kappa shape index (κ2) is 6.29. The molecule has 0 aliphatic heterocycles. The summed E-state index contributed by atoms with van der Waals surface area (Å²) in [6.45, 7) is 4.55. The number of benzene rings is 1. The first-order chi connectivity index (χ1) is 7.17. The Hall–Kier alpha value is -0.340. The van der Waals surface area contributed by atoms with Crippen LogP contribution in [0.25, 0.3) is 0 Å². The third-order valence-corrected chi connectivity index (χ3v) is 3.44. The van der Waals surface area contributed by atoms with Gasteiger partial charge in [0.25, 0.3) is 0 Å². The smallest absolute Gasteiger partial charge is 0.0177 e. The molecule has 84 valence electrons. The highest BCUT2D eigenvalue weighted by Gasteiger charge is 2.13. The summed E-state index contributed by atoms with van der Waals surface area (Å²) in [5, 5.41) is 3.37. The summed E-state index contributed by atoms with van der Waals surface area (Å²) in [7, 11) is 2.05. The topological polar surface area (TPSA) is 12.0 Å². The van der Waals surface area contributed by atoms with Crippen molar-refractivity contribution in [2.24, 2.45) is 5.92 Å². The van der Waals surface area contributed by atoms with Gasteiger partial charge in [0.05, 0.1) is 0 Å². The molecule has 0 saturated heterocycles. The second-order valence-electron chi connectivity index (χ2n) is 4.11. The van der Waals surface area contributed by atoms with Crippen molar-refractivity contribution >= 4 is 15.9 Å². The minimum absolute atomic E-state index is 0.615. The van der Waals surface area contributed by atoms with Crippen LogP contribution in [0.15, 0.2) is 28.7 Å². The highest BCUT2D eigenvalue weighted by Crippen LogP contribution is 2.17. The first kappa shape index (κ1) is 12.7. The zero-order valence-corrected chi connectivity index (χ0v) is 11.3. The third kappa shape index (κ3) is 3.96. The highest BCUT2D eigenvalue weighted by molar-refractivity contribution is 9.10. The Labute approximate surface area is 101 Å². The SMILES string of the molecule is CCC(NC)C(C)Cc1cccc(Br)c1. The molecule has 1 nitrogen and oxygen atoms in total. The van der Waals surface area contributed by atoms with Crippen LogP contribution in [0.5, 0.6) is 0 Å². The van der Waals surface area contributed by atoms with E-state index in [0.29, 0.717) is 12.0 Å². The van der Waals surface area contributed by atoms with E-state index < -0.39 is 0 Å². The molecule has 0 aliphatic carbocycles. The van der Waals surface area contributed by atoms with E-state index >= 15 is 0 Å². The van der Waals surface area contributed by atoms with Gasteiger partial charge in [-0.2, -0.15) is 0 Å². The first-order valence-corrected chi connectivity index (χ1v) is 6.38. The maximum absolute atomic E-state index is 3.51. The van der Waals surface area contributed by atoms with Gasteiger partial charge in [0, 0.05) is 10.5 Å². The molecular weight excluding hydrogens is 250 g/mol. The lowest BCUT2D eigenvalue weighted by molar-refractivity contribution is 0.387. The Balaban J connectivity index is 2.61. The Morgan fingerprint density at radius 2 is 2.13 bits per heavy atom. The number of nitrogens with one attached hydrogen (secondary N) is 1. The summed E-state index contributed by atoms with van der Waals surface area (Å²) in [5.74, 6) is 0.675. The van der Waals surface area contributed by atoms with Gasteiger partial charge in [0.1, 0.15) is 0 Å². The minimum Gasteiger partial charge on any atom is -0.317 e. The maximum atomic E-state index is 3.51. The van der Waals surface area contributed by atoms with Gasteiger partial charge in [-0.25, -0.2) is 0 Å². The van der Waals surface area contributed by atoms with E-state index in [1.54, 1.807) is 0 Å². The monoisotopic (exact) mass is 269 g/mol. The van der Waals surface area contributed by atoms with Crippen molar-refractivity contribution in [2.75, 3.05) is 7.05 Å². The summed E-state index contributed by atoms with van der Waals surface area (Å²) < 4.78 is 1.17. The van der Waals surface area contributed by atoms with Crippen LogP contribution in [0.4, 0.5) is 0 Å². The summed E-state index contributed by atoms with van der Waals surface area (Å²) >= 11 is 3.51. The molecule has 1 N–H and O–H groups in total.